The van der Waals surface area contributed by atoms with Crippen LogP contribution in [-0.2, 0) is 14.8 Å². The summed E-state index contributed by atoms with van der Waals surface area (Å²) in [4.78, 5) is 12.3. The van der Waals surface area contributed by atoms with Gasteiger partial charge in [0.2, 0.25) is 15.9 Å². The number of nitrogens with zero attached hydrogens (tertiary/aromatic N) is 1. The number of aryl methyl sites for hydroxylation is 4. The molecule has 0 heterocycles. The van der Waals surface area contributed by atoms with Gasteiger partial charge in [-0.25, -0.2) is 8.42 Å². The molecule has 6 heteroatoms. The van der Waals surface area contributed by atoms with Crippen molar-refractivity contribution in [1.82, 2.24) is 0 Å². The minimum absolute atomic E-state index is 0.109. The van der Waals surface area contributed by atoms with E-state index in [1.54, 1.807) is 6.07 Å². The maximum absolute atomic E-state index is 12.3. The molecule has 1 N–H and O–H groups in total. The van der Waals surface area contributed by atoms with Crippen LogP contribution in [0.3, 0.4) is 0 Å². The molecule has 5 nitrogen and oxygen atoms in total. The van der Waals surface area contributed by atoms with Crippen molar-refractivity contribution in [2.45, 2.75) is 40.5 Å². The lowest BCUT2D eigenvalue weighted by Crippen LogP contribution is -2.31. The normalized spacial score (nSPS) is 11.3. The first-order valence-electron chi connectivity index (χ1n) is 9.00. The lowest BCUT2D eigenvalue weighted by Gasteiger charge is -2.22. The van der Waals surface area contributed by atoms with Crippen LogP contribution in [0, 0.1) is 27.7 Å². The second-order valence-electron chi connectivity index (χ2n) is 7.10. The van der Waals surface area contributed by atoms with E-state index in [9.17, 15) is 13.2 Å². The molecule has 0 aromatic heterocycles. The number of hydrogen-bond donors (Lipinski definition) is 1. The van der Waals surface area contributed by atoms with Gasteiger partial charge in [-0.15, -0.1) is 0 Å². The van der Waals surface area contributed by atoms with Crippen molar-refractivity contribution >= 4 is 27.3 Å². The smallest absolute Gasteiger partial charge is 0.232 e. The van der Waals surface area contributed by atoms with Crippen LogP contribution < -0.4 is 9.62 Å². The Labute approximate surface area is 162 Å². The van der Waals surface area contributed by atoms with Gasteiger partial charge in [0.15, 0.2) is 0 Å². The second-order valence-corrected chi connectivity index (χ2v) is 9.01. The van der Waals surface area contributed by atoms with Crippen LogP contribution in [-0.4, -0.2) is 27.1 Å². The van der Waals surface area contributed by atoms with E-state index in [0.29, 0.717) is 12.1 Å². The summed E-state index contributed by atoms with van der Waals surface area (Å²) in [5, 5.41) is 2.96. The molecule has 0 saturated heterocycles. The Morgan fingerprint density at radius 3 is 2.19 bits per heavy atom. The van der Waals surface area contributed by atoms with Crippen molar-refractivity contribution < 1.29 is 13.2 Å². The average Bonchev–Trinajstić information content (AvgIpc) is 2.53. The summed E-state index contributed by atoms with van der Waals surface area (Å²) in [6, 6.07) is 11.4. The Bertz CT molecular complexity index is 913. The molecule has 0 saturated carbocycles. The predicted molar refractivity (Wildman–Crippen MR) is 112 cm³/mol. The molecule has 27 heavy (non-hydrogen) atoms. The maximum atomic E-state index is 12.3. The molecule has 0 radical (unpaired) electrons. The maximum Gasteiger partial charge on any atom is 0.232 e. The predicted octanol–water partition coefficient (Wildman–Crippen LogP) is 4.11. The fourth-order valence-electron chi connectivity index (χ4n) is 3.23. The number of anilines is 2. The Kier molecular flexibility index (Phi) is 6.65. The van der Waals surface area contributed by atoms with Crippen molar-refractivity contribution in [2.24, 2.45) is 0 Å². The number of sulfonamides is 1. The summed E-state index contributed by atoms with van der Waals surface area (Å²) in [6.07, 6.45) is 1.88. The molecule has 1 amide bonds. The third kappa shape index (κ3) is 5.82. The van der Waals surface area contributed by atoms with Crippen molar-refractivity contribution in [3.05, 3.63) is 58.7 Å². The molecule has 0 unspecified atom stereocenters. The third-order valence-corrected chi connectivity index (χ3v) is 5.59. The summed E-state index contributed by atoms with van der Waals surface area (Å²) in [5.41, 5.74) is 5.67. The van der Waals surface area contributed by atoms with Crippen LogP contribution in [0.2, 0.25) is 0 Å². The van der Waals surface area contributed by atoms with Gasteiger partial charge >= 0.3 is 0 Å². The molecule has 2 aromatic carbocycles. The summed E-state index contributed by atoms with van der Waals surface area (Å²) in [7, 11) is -3.41. The van der Waals surface area contributed by atoms with Gasteiger partial charge in [-0.1, -0.05) is 29.8 Å². The molecule has 2 aromatic rings. The fourth-order valence-corrected chi connectivity index (χ4v) is 4.19. The number of rotatable bonds is 7. The second kappa shape index (κ2) is 8.57. The molecule has 0 fully saturated rings. The summed E-state index contributed by atoms with van der Waals surface area (Å²) in [5.74, 6) is -0.109. The molecule has 0 spiro atoms. The van der Waals surface area contributed by atoms with Gasteiger partial charge < -0.3 is 5.32 Å². The van der Waals surface area contributed by atoms with Gasteiger partial charge in [-0.3, -0.25) is 9.10 Å². The van der Waals surface area contributed by atoms with Crippen LogP contribution in [0.4, 0.5) is 11.4 Å². The van der Waals surface area contributed by atoms with Crippen molar-refractivity contribution in [3.8, 4) is 0 Å². The zero-order chi connectivity index (χ0) is 20.2. The Morgan fingerprint density at radius 1 is 1.00 bits per heavy atom. The highest BCUT2D eigenvalue weighted by Crippen LogP contribution is 2.23. The molecule has 0 aliphatic heterocycles. The van der Waals surface area contributed by atoms with Crippen LogP contribution in [0.15, 0.2) is 36.4 Å². The van der Waals surface area contributed by atoms with E-state index in [-0.39, 0.29) is 18.9 Å². The Morgan fingerprint density at radius 2 is 1.63 bits per heavy atom. The third-order valence-electron chi connectivity index (χ3n) is 4.40. The van der Waals surface area contributed by atoms with E-state index in [1.807, 2.05) is 58.0 Å². The number of amides is 1. The van der Waals surface area contributed by atoms with E-state index >= 15 is 0 Å². The van der Waals surface area contributed by atoms with Crippen LogP contribution >= 0.6 is 0 Å². The van der Waals surface area contributed by atoms with Crippen LogP contribution in [0.25, 0.3) is 0 Å². The standard InChI is InChI=1S/C21H28N2O3S/c1-15-8-6-9-19(14-15)23(27(5,25)26)11-7-10-20(24)22-21-17(3)12-16(2)13-18(21)4/h6,8-9,12-14H,7,10-11H2,1-5H3,(H,22,24). The first-order chi connectivity index (χ1) is 12.6. The highest BCUT2D eigenvalue weighted by Gasteiger charge is 2.18. The number of hydrogen-bond acceptors (Lipinski definition) is 3. The van der Waals surface area contributed by atoms with E-state index in [4.69, 9.17) is 0 Å². The summed E-state index contributed by atoms with van der Waals surface area (Å²) >= 11 is 0. The highest BCUT2D eigenvalue weighted by atomic mass is 32.2. The number of carbonyl (C=O) groups excluding carboxylic acids is 1. The monoisotopic (exact) mass is 388 g/mol. The summed E-state index contributed by atoms with van der Waals surface area (Å²) in [6.45, 7) is 8.15. The van der Waals surface area contributed by atoms with E-state index < -0.39 is 10.0 Å². The quantitative estimate of drug-likeness (QED) is 0.776. The van der Waals surface area contributed by atoms with Gasteiger partial charge in [-0.2, -0.15) is 0 Å². The molecule has 0 atom stereocenters. The first kappa shape index (κ1) is 21.0. The zero-order valence-electron chi connectivity index (χ0n) is 16.7. The van der Waals surface area contributed by atoms with Gasteiger partial charge in [0.25, 0.3) is 0 Å². The van der Waals surface area contributed by atoms with Crippen LogP contribution in [0.1, 0.15) is 35.1 Å². The molecular formula is C21H28N2O3S. The van der Waals surface area contributed by atoms with Gasteiger partial charge in [-0.05, 0) is 62.9 Å². The largest absolute Gasteiger partial charge is 0.326 e. The van der Waals surface area contributed by atoms with Gasteiger partial charge in [0.05, 0.1) is 11.9 Å². The highest BCUT2D eigenvalue weighted by molar-refractivity contribution is 7.92. The molecule has 0 aliphatic rings. The van der Waals surface area contributed by atoms with Crippen molar-refractivity contribution in [2.75, 3.05) is 22.4 Å². The van der Waals surface area contributed by atoms with Gasteiger partial charge in [0, 0.05) is 18.7 Å². The van der Waals surface area contributed by atoms with E-state index in [0.717, 1.165) is 27.9 Å². The summed E-state index contributed by atoms with van der Waals surface area (Å²) < 4.78 is 25.7. The number of carbonyl (C=O) groups is 1. The SMILES string of the molecule is Cc1cccc(N(CCCC(=O)Nc2c(C)cc(C)cc2C)S(C)(=O)=O)c1. The molecule has 146 valence electrons. The number of benzene rings is 2. The van der Waals surface area contributed by atoms with Crippen molar-refractivity contribution in [1.29, 1.82) is 0 Å². The minimum Gasteiger partial charge on any atom is -0.326 e. The average molecular weight is 389 g/mol. The topological polar surface area (TPSA) is 66.5 Å². The van der Waals surface area contributed by atoms with Crippen LogP contribution in [0.5, 0.6) is 0 Å². The van der Waals surface area contributed by atoms with Gasteiger partial charge in [0.1, 0.15) is 0 Å². The molecule has 2 rings (SSSR count). The minimum atomic E-state index is -3.41. The van der Waals surface area contributed by atoms with E-state index in [2.05, 4.69) is 5.32 Å². The fraction of sp³-hybridized carbons (Fsp3) is 0.381. The molecule has 0 bridgehead atoms. The lowest BCUT2D eigenvalue weighted by atomic mass is 10.0. The molecular weight excluding hydrogens is 360 g/mol. The molecule has 0 aliphatic carbocycles. The van der Waals surface area contributed by atoms with E-state index in [1.165, 1.54) is 10.6 Å². The Balaban J connectivity index is 2.02. The van der Waals surface area contributed by atoms with Crippen molar-refractivity contribution in [3.63, 3.8) is 0 Å². The first-order valence-corrected chi connectivity index (χ1v) is 10.8. The lowest BCUT2D eigenvalue weighted by molar-refractivity contribution is -0.116. The zero-order valence-corrected chi connectivity index (χ0v) is 17.5. The Hall–Kier alpha value is -2.34. The number of nitrogens with one attached hydrogen (secondary N) is 1.